The number of aliphatic hydroxyl groups excluding tert-OH is 1. The van der Waals surface area contributed by atoms with Crippen LogP contribution in [-0.4, -0.2) is 52.3 Å². The molecule has 0 aromatic heterocycles. The van der Waals surface area contributed by atoms with Crippen LogP contribution in [0.5, 0.6) is 0 Å². The predicted molar refractivity (Wildman–Crippen MR) is 68.6 cm³/mol. The lowest BCUT2D eigenvalue weighted by Gasteiger charge is -2.34. The Kier molecular flexibility index (Phi) is 4.09. The van der Waals surface area contributed by atoms with Gasteiger partial charge < -0.3 is 20.4 Å². The molecule has 106 valence electrons. The number of carbonyl (C=O) groups excluding carboxylic acids is 1. The number of carboxylic acids is 1. The number of urea groups is 1. The molecule has 0 radical (unpaired) electrons. The molecule has 1 aliphatic heterocycles. The van der Waals surface area contributed by atoms with Gasteiger partial charge >= 0.3 is 12.0 Å². The van der Waals surface area contributed by atoms with Crippen LogP contribution in [0.4, 0.5) is 4.79 Å². The van der Waals surface area contributed by atoms with Gasteiger partial charge in [0.2, 0.25) is 0 Å². The molecule has 2 aliphatic rings. The van der Waals surface area contributed by atoms with E-state index >= 15 is 0 Å². The number of hydrogen-bond acceptors (Lipinski definition) is 3. The third kappa shape index (κ3) is 3.26. The summed E-state index contributed by atoms with van der Waals surface area (Å²) in [6.07, 6.45) is 4.01. The van der Waals surface area contributed by atoms with Gasteiger partial charge in [0.05, 0.1) is 18.1 Å². The van der Waals surface area contributed by atoms with Crippen molar-refractivity contribution in [3.05, 3.63) is 12.2 Å². The molecular formula is C13H20N2O4. The van der Waals surface area contributed by atoms with Crippen molar-refractivity contribution in [1.82, 2.24) is 10.2 Å². The lowest BCUT2D eigenvalue weighted by molar-refractivity contribution is -0.140. The molecule has 2 rings (SSSR count). The monoisotopic (exact) mass is 268 g/mol. The van der Waals surface area contributed by atoms with E-state index in [-0.39, 0.29) is 24.1 Å². The Balaban J connectivity index is 1.82. The first-order valence-corrected chi connectivity index (χ1v) is 6.62. The van der Waals surface area contributed by atoms with Crippen molar-refractivity contribution in [3.8, 4) is 0 Å². The van der Waals surface area contributed by atoms with Gasteiger partial charge in [0.25, 0.3) is 0 Å². The first-order valence-electron chi connectivity index (χ1n) is 6.62. The zero-order chi connectivity index (χ0) is 14.0. The van der Waals surface area contributed by atoms with Crippen molar-refractivity contribution < 1.29 is 19.8 Å². The smallest absolute Gasteiger partial charge is 0.317 e. The van der Waals surface area contributed by atoms with Crippen molar-refractivity contribution in [3.63, 3.8) is 0 Å². The van der Waals surface area contributed by atoms with Crippen LogP contribution in [-0.2, 0) is 4.79 Å². The van der Waals surface area contributed by atoms with Gasteiger partial charge in [-0.2, -0.15) is 0 Å². The maximum absolute atomic E-state index is 12.0. The zero-order valence-corrected chi connectivity index (χ0v) is 11.0. The van der Waals surface area contributed by atoms with Gasteiger partial charge in [-0.3, -0.25) is 4.79 Å². The van der Waals surface area contributed by atoms with Crippen LogP contribution >= 0.6 is 0 Å². The fourth-order valence-corrected chi connectivity index (χ4v) is 2.56. The largest absolute Gasteiger partial charge is 0.481 e. The van der Waals surface area contributed by atoms with Crippen molar-refractivity contribution in [1.29, 1.82) is 0 Å². The SMILES string of the molecule is CC1CN(C(=O)NC2C=CC(C(=O)O)C2)CCC1O. The lowest BCUT2D eigenvalue weighted by Crippen LogP contribution is -2.50. The summed E-state index contributed by atoms with van der Waals surface area (Å²) in [5.74, 6) is -1.29. The van der Waals surface area contributed by atoms with Crippen LogP contribution in [0.1, 0.15) is 19.8 Å². The molecule has 19 heavy (non-hydrogen) atoms. The van der Waals surface area contributed by atoms with Crippen molar-refractivity contribution in [2.75, 3.05) is 13.1 Å². The van der Waals surface area contributed by atoms with Crippen LogP contribution in [0.15, 0.2) is 12.2 Å². The summed E-state index contributed by atoms with van der Waals surface area (Å²) in [5, 5.41) is 21.3. The van der Waals surface area contributed by atoms with Gasteiger partial charge in [0.1, 0.15) is 0 Å². The number of hydrogen-bond donors (Lipinski definition) is 3. The molecule has 1 heterocycles. The maximum Gasteiger partial charge on any atom is 0.317 e. The molecule has 2 amide bonds. The normalized spacial score (nSPS) is 34.3. The van der Waals surface area contributed by atoms with E-state index in [1.165, 1.54) is 0 Å². The second-order valence-electron chi connectivity index (χ2n) is 5.40. The average molecular weight is 268 g/mol. The molecule has 0 aromatic rings. The van der Waals surface area contributed by atoms with Gasteiger partial charge in [-0.25, -0.2) is 4.79 Å². The molecule has 0 aromatic carbocycles. The van der Waals surface area contributed by atoms with Gasteiger partial charge in [0, 0.05) is 13.1 Å². The van der Waals surface area contributed by atoms with Gasteiger partial charge in [0.15, 0.2) is 0 Å². The highest BCUT2D eigenvalue weighted by molar-refractivity contribution is 5.76. The average Bonchev–Trinajstić information content (AvgIpc) is 2.81. The van der Waals surface area contributed by atoms with E-state index in [9.17, 15) is 14.7 Å². The van der Waals surface area contributed by atoms with Crippen LogP contribution in [0.2, 0.25) is 0 Å². The Morgan fingerprint density at radius 2 is 2.11 bits per heavy atom. The van der Waals surface area contributed by atoms with Crippen molar-refractivity contribution in [2.24, 2.45) is 11.8 Å². The Labute approximate surface area is 112 Å². The van der Waals surface area contributed by atoms with E-state index in [1.54, 1.807) is 17.1 Å². The quantitative estimate of drug-likeness (QED) is 0.633. The number of rotatable bonds is 2. The molecule has 1 saturated heterocycles. The second kappa shape index (κ2) is 5.61. The molecule has 3 N–H and O–H groups in total. The highest BCUT2D eigenvalue weighted by Gasteiger charge is 2.30. The van der Waals surface area contributed by atoms with E-state index in [1.807, 2.05) is 6.92 Å². The fraction of sp³-hybridized carbons (Fsp3) is 0.692. The summed E-state index contributed by atoms with van der Waals surface area (Å²) >= 11 is 0. The number of nitrogens with one attached hydrogen (secondary N) is 1. The Hall–Kier alpha value is -1.56. The molecule has 1 aliphatic carbocycles. The van der Waals surface area contributed by atoms with E-state index in [2.05, 4.69) is 5.32 Å². The number of aliphatic carboxylic acids is 1. The molecule has 0 saturated carbocycles. The number of piperidine rings is 1. The number of aliphatic hydroxyl groups is 1. The van der Waals surface area contributed by atoms with E-state index in [0.29, 0.717) is 25.9 Å². The highest BCUT2D eigenvalue weighted by Crippen LogP contribution is 2.20. The van der Waals surface area contributed by atoms with Gasteiger partial charge in [-0.05, 0) is 18.8 Å². The number of amides is 2. The number of carboxylic acid groups (broad SMARTS) is 1. The zero-order valence-electron chi connectivity index (χ0n) is 11.0. The number of carbonyl (C=O) groups is 2. The first kappa shape index (κ1) is 13.9. The molecule has 1 fully saturated rings. The topological polar surface area (TPSA) is 89.9 Å². The van der Waals surface area contributed by atoms with Crippen molar-refractivity contribution >= 4 is 12.0 Å². The lowest BCUT2D eigenvalue weighted by atomic mass is 9.97. The maximum atomic E-state index is 12.0. The third-order valence-corrected chi connectivity index (χ3v) is 3.86. The standard InChI is InChI=1S/C13H20N2O4/c1-8-7-15(5-4-11(8)16)13(19)14-10-3-2-9(6-10)12(17)18/h2-3,8-11,16H,4-7H2,1H3,(H,14,19)(H,17,18). The Morgan fingerprint density at radius 3 is 2.68 bits per heavy atom. The molecule has 6 heteroatoms. The Morgan fingerprint density at radius 1 is 1.37 bits per heavy atom. The number of nitrogens with zero attached hydrogens (tertiary/aromatic N) is 1. The highest BCUT2D eigenvalue weighted by atomic mass is 16.4. The summed E-state index contributed by atoms with van der Waals surface area (Å²) < 4.78 is 0. The van der Waals surface area contributed by atoms with Crippen LogP contribution < -0.4 is 5.32 Å². The minimum absolute atomic E-state index is 0.0744. The molecule has 0 bridgehead atoms. The van der Waals surface area contributed by atoms with E-state index in [4.69, 9.17) is 5.11 Å². The molecule has 6 nitrogen and oxygen atoms in total. The fourth-order valence-electron chi connectivity index (χ4n) is 2.56. The van der Waals surface area contributed by atoms with Crippen LogP contribution in [0.25, 0.3) is 0 Å². The van der Waals surface area contributed by atoms with E-state index in [0.717, 1.165) is 0 Å². The molecule has 4 atom stereocenters. The van der Waals surface area contributed by atoms with Crippen LogP contribution in [0, 0.1) is 11.8 Å². The third-order valence-electron chi connectivity index (χ3n) is 3.86. The summed E-state index contributed by atoms with van der Waals surface area (Å²) in [6.45, 7) is 2.99. The minimum Gasteiger partial charge on any atom is -0.481 e. The summed E-state index contributed by atoms with van der Waals surface area (Å²) in [4.78, 5) is 24.5. The van der Waals surface area contributed by atoms with Gasteiger partial charge in [-0.15, -0.1) is 0 Å². The minimum atomic E-state index is -0.859. The summed E-state index contributed by atoms with van der Waals surface area (Å²) in [7, 11) is 0. The molecule has 4 unspecified atom stereocenters. The second-order valence-corrected chi connectivity index (χ2v) is 5.40. The first-order chi connectivity index (χ1) is 8.97. The van der Waals surface area contributed by atoms with Gasteiger partial charge in [-0.1, -0.05) is 19.1 Å². The summed E-state index contributed by atoms with van der Waals surface area (Å²) in [5.41, 5.74) is 0. The van der Waals surface area contributed by atoms with Crippen molar-refractivity contribution in [2.45, 2.75) is 31.9 Å². The Bertz CT molecular complexity index is 396. The van der Waals surface area contributed by atoms with E-state index < -0.39 is 11.9 Å². The predicted octanol–water partition coefficient (Wildman–Crippen LogP) is 0.428. The van der Waals surface area contributed by atoms with Crippen LogP contribution in [0.3, 0.4) is 0 Å². The molecular weight excluding hydrogens is 248 g/mol. The number of likely N-dealkylation sites (tertiary alicyclic amines) is 1. The molecule has 0 spiro atoms. The summed E-state index contributed by atoms with van der Waals surface area (Å²) in [6, 6.07) is -0.393.